The summed E-state index contributed by atoms with van der Waals surface area (Å²) in [6.45, 7) is 4.42. The third kappa shape index (κ3) is 2.67. The largest absolute Gasteiger partial charge is 0.497 e. The van der Waals surface area contributed by atoms with Crippen LogP contribution in [0.15, 0.2) is 57.4 Å². The molecule has 0 spiro atoms. The van der Waals surface area contributed by atoms with Gasteiger partial charge >= 0.3 is 0 Å². The molecule has 0 amide bonds. The van der Waals surface area contributed by atoms with E-state index >= 15 is 0 Å². The van der Waals surface area contributed by atoms with Crippen LogP contribution in [-0.4, -0.2) is 7.11 Å². The quantitative estimate of drug-likeness (QED) is 0.523. The first-order valence-corrected chi connectivity index (χ1v) is 8.77. The summed E-state index contributed by atoms with van der Waals surface area (Å²) >= 11 is 3.72. The molecule has 1 heterocycles. The number of hydrogen-bond acceptors (Lipinski definition) is 2. The highest BCUT2D eigenvalue weighted by atomic mass is 79.9. The number of hydrogen-bond donors (Lipinski definition) is 0. The topological polar surface area (TPSA) is 22.4 Å². The fourth-order valence-corrected chi connectivity index (χ4v) is 3.95. The van der Waals surface area contributed by atoms with Gasteiger partial charge in [0.1, 0.15) is 17.1 Å². The molecule has 0 unspecified atom stereocenters. The summed E-state index contributed by atoms with van der Waals surface area (Å²) in [6.07, 6.45) is 1.91. The minimum Gasteiger partial charge on any atom is -0.497 e. The van der Waals surface area contributed by atoms with Gasteiger partial charge in [0.25, 0.3) is 0 Å². The highest BCUT2D eigenvalue weighted by Crippen LogP contribution is 2.45. The molecule has 0 radical (unpaired) electrons. The standard InChI is InChI=1S/C20H21BrO2/c1-4-20(5-2,16-13-15(22-3)10-11-17(16)21)19-12-14-8-6-7-9-18(14)23-19/h6-13H,4-5H2,1-3H3. The van der Waals surface area contributed by atoms with Crippen LogP contribution in [0.25, 0.3) is 11.0 Å². The Kier molecular flexibility index (Phi) is 4.49. The lowest BCUT2D eigenvalue weighted by molar-refractivity contribution is 0.372. The van der Waals surface area contributed by atoms with Crippen molar-refractivity contribution in [2.45, 2.75) is 32.1 Å². The minimum absolute atomic E-state index is 0.174. The van der Waals surface area contributed by atoms with Gasteiger partial charge in [0.2, 0.25) is 0 Å². The first kappa shape index (κ1) is 16.1. The molecule has 3 heteroatoms. The number of furan rings is 1. The van der Waals surface area contributed by atoms with Gasteiger partial charge < -0.3 is 9.15 Å². The van der Waals surface area contributed by atoms with Gasteiger partial charge in [-0.25, -0.2) is 0 Å². The molecule has 0 saturated heterocycles. The molecule has 2 nitrogen and oxygen atoms in total. The molecule has 3 aromatic rings. The Morgan fingerprint density at radius 1 is 1.04 bits per heavy atom. The normalized spacial score (nSPS) is 11.8. The average Bonchev–Trinajstić information content (AvgIpc) is 3.02. The van der Waals surface area contributed by atoms with Crippen molar-refractivity contribution in [1.82, 2.24) is 0 Å². The summed E-state index contributed by atoms with van der Waals surface area (Å²) in [7, 11) is 1.70. The Morgan fingerprint density at radius 2 is 1.78 bits per heavy atom. The van der Waals surface area contributed by atoms with E-state index in [-0.39, 0.29) is 5.41 Å². The Balaban J connectivity index is 2.23. The third-order valence-electron chi connectivity index (χ3n) is 4.79. The molecule has 0 N–H and O–H groups in total. The number of halogens is 1. The lowest BCUT2D eigenvalue weighted by atomic mass is 9.73. The molecule has 1 aromatic heterocycles. The van der Waals surface area contributed by atoms with Gasteiger partial charge in [-0.05, 0) is 48.7 Å². The minimum atomic E-state index is -0.174. The average molecular weight is 373 g/mol. The van der Waals surface area contributed by atoms with E-state index in [1.807, 2.05) is 24.3 Å². The molecule has 0 aliphatic rings. The number of methoxy groups -OCH3 is 1. The highest BCUT2D eigenvalue weighted by molar-refractivity contribution is 9.10. The van der Waals surface area contributed by atoms with Crippen molar-refractivity contribution in [2.24, 2.45) is 0 Å². The molecule has 0 saturated carbocycles. The van der Waals surface area contributed by atoms with E-state index in [1.54, 1.807) is 7.11 Å². The van der Waals surface area contributed by atoms with Crippen LogP contribution >= 0.6 is 15.9 Å². The third-order valence-corrected chi connectivity index (χ3v) is 5.48. The van der Waals surface area contributed by atoms with Gasteiger partial charge in [0.05, 0.1) is 12.5 Å². The first-order valence-electron chi connectivity index (χ1n) is 7.97. The predicted molar refractivity (Wildman–Crippen MR) is 98.3 cm³/mol. The van der Waals surface area contributed by atoms with E-state index in [9.17, 15) is 0 Å². The Bertz CT molecular complexity index is 782. The summed E-state index contributed by atoms with van der Waals surface area (Å²) in [5, 5.41) is 1.15. The van der Waals surface area contributed by atoms with Gasteiger partial charge in [0.15, 0.2) is 0 Å². The van der Waals surface area contributed by atoms with Crippen molar-refractivity contribution in [2.75, 3.05) is 7.11 Å². The van der Waals surface area contributed by atoms with Crippen LogP contribution in [0.4, 0.5) is 0 Å². The summed E-state index contributed by atoms with van der Waals surface area (Å²) in [4.78, 5) is 0. The SMILES string of the molecule is CCC(CC)(c1cc2ccccc2o1)c1cc(OC)ccc1Br. The molecule has 0 bridgehead atoms. The number of para-hydroxylation sites is 1. The van der Waals surface area contributed by atoms with Crippen LogP contribution in [0.3, 0.4) is 0 Å². The Morgan fingerprint density at radius 3 is 2.43 bits per heavy atom. The van der Waals surface area contributed by atoms with Gasteiger partial charge in [-0.1, -0.05) is 48.0 Å². The second kappa shape index (κ2) is 6.40. The zero-order valence-electron chi connectivity index (χ0n) is 13.7. The molecule has 2 aromatic carbocycles. The second-order valence-electron chi connectivity index (χ2n) is 5.78. The second-order valence-corrected chi connectivity index (χ2v) is 6.64. The van der Waals surface area contributed by atoms with Gasteiger partial charge in [-0.3, -0.25) is 0 Å². The van der Waals surface area contributed by atoms with Crippen LogP contribution < -0.4 is 4.74 Å². The number of benzene rings is 2. The van der Waals surface area contributed by atoms with E-state index < -0.39 is 0 Å². The maximum Gasteiger partial charge on any atom is 0.134 e. The molecular formula is C20H21BrO2. The van der Waals surface area contributed by atoms with E-state index in [2.05, 4.69) is 54.0 Å². The Hall–Kier alpha value is -1.74. The summed E-state index contributed by atoms with van der Waals surface area (Å²) in [5.41, 5.74) is 1.97. The van der Waals surface area contributed by atoms with E-state index in [1.165, 1.54) is 5.56 Å². The van der Waals surface area contributed by atoms with Crippen LogP contribution in [0.2, 0.25) is 0 Å². The van der Waals surface area contributed by atoms with Crippen molar-refractivity contribution in [3.63, 3.8) is 0 Å². The summed E-state index contributed by atoms with van der Waals surface area (Å²) in [5.74, 6) is 1.88. The van der Waals surface area contributed by atoms with Crippen LogP contribution in [0.5, 0.6) is 5.75 Å². The van der Waals surface area contributed by atoms with Gasteiger partial charge in [0, 0.05) is 9.86 Å². The van der Waals surface area contributed by atoms with Crippen molar-refractivity contribution >= 4 is 26.9 Å². The summed E-state index contributed by atoms with van der Waals surface area (Å²) < 4.78 is 12.8. The van der Waals surface area contributed by atoms with Crippen LogP contribution in [0, 0.1) is 0 Å². The zero-order valence-corrected chi connectivity index (χ0v) is 15.3. The van der Waals surface area contributed by atoms with Crippen LogP contribution in [0.1, 0.15) is 38.0 Å². The number of rotatable bonds is 5. The molecule has 0 aliphatic carbocycles. The first-order chi connectivity index (χ1) is 11.1. The zero-order chi connectivity index (χ0) is 16.4. The maximum atomic E-state index is 6.24. The molecule has 0 aliphatic heterocycles. The lowest BCUT2D eigenvalue weighted by Gasteiger charge is -2.31. The lowest BCUT2D eigenvalue weighted by Crippen LogP contribution is -2.26. The van der Waals surface area contributed by atoms with E-state index in [4.69, 9.17) is 9.15 Å². The van der Waals surface area contributed by atoms with Crippen molar-refractivity contribution in [3.05, 3.63) is 64.3 Å². The monoisotopic (exact) mass is 372 g/mol. The number of fused-ring (bicyclic) bond motifs is 1. The fraction of sp³-hybridized carbons (Fsp3) is 0.300. The van der Waals surface area contributed by atoms with E-state index in [0.717, 1.165) is 39.8 Å². The molecule has 0 fully saturated rings. The smallest absolute Gasteiger partial charge is 0.134 e. The molecule has 23 heavy (non-hydrogen) atoms. The van der Waals surface area contributed by atoms with Crippen molar-refractivity contribution in [1.29, 1.82) is 0 Å². The van der Waals surface area contributed by atoms with Gasteiger partial charge in [-0.2, -0.15) is 0 Å². The van der Waals surface area contributed by atoms with E-state index in [0.29, 0.717) is 0 Å². The molecule has 120 valence electrons. The summed E-state index contributed by atoms with van der Waals surface area (Å²) in [6, 6.07) is 16.5. The van der Waals surface area contributed by atoms with Crippen molar-refractivity contribution < 1.29 is 9.15 Å². The molecule has 3 rings (SSSR count). The predicted octanol–water partition coefficient (Wildman–Crippen LogP) is 6.31. The Labute approximate surface area is 145 Å². The molecule has 0 atom stereocenters. The van der Waals surface area contributed by atoms with Crippen molar-refractivity contribution in [3.8, 4) is 5.75 Å². The maximum absolute atomic E-state index is 6.24. The molecular weight excluding hydrogens is 352 g/mol. The number of ether oxygens (including phenoxy) is 1. The van der Waals surface area contributed by atoms with Gasteiger partial charge in [-0.15, -0.1) is 0 Å². The van der Waals surface area contributed by atoms with Crippen LogP contribution in [-0.2, 0) is 5.41 Å². The fourth-order valence-electron chi connectivity index (χ4n) is 3.33. The highest BCUT2D eigenvalue weighted by Gasteiger charge is 2.36.